The van der Waals surface area contributed by atoms with E-state index in [4.69, 9.17) is 4.74 Å². The Morgan fingerprint density at radius 1 is 1.22 bits per heavy atom. The number of aromatic nitrogens is 2. The minimum atomic E-state index is 0.128. The van der Waals surface area contributed by atoms with E-state index < -0.39 is 0 Å². The molecule has 1 amide bonds. The van der Waals surface area contributed by atoms with Crippen LogP contribution in [0, 0.1) is 0 Å². The third-order valence-electron chi connectivity index (χ3n) is 5.23. The van der Waals surface area contributed by atoms with Gasteiger partial charge in [0.1, 0.15) is 18.0 Å². The molecule has 2 fully saturated rings. The van der Waals surface area contributed by atoms with Crippen molar-refractivity contribution in [2.75, 3.05) is 63.1 Å². The van der Waals surface area contributed by atoms with Gasteiger partial charge in [-0.15, -0.1) is 0 Å². The molecule has 8 nitrogen and oxygen atoms in total. The van der Waals surface area contributed by atoms with Gasteiger partial charge in [0.05, 0.1) is 19.3 Å². The summed E-state index contributed by atoms with van der Waals surface area (Å²) in [6.07, 6.45) is 4.06. The Kier molecular flexibility index (Phi) is 6.84. The zero-order valence-electron chi connectivity index (χ0n) is 16.7. The second-order valence-corrected chi connectivity index (χ2v) is 7.68. The molecular formula is C19H32N6O2. The van der Waals surface area contributed by atoms with Gasteiger partial charge in [0.2, 0.25) is 5.91 Å². The van der Waals surface area contributed by atoms with E-state index in [-0.39, 0.29) is 5.91 Å². The Labute approximate surface area is 161 Å². The van der Waals surface area contributed by atoms with Gasteiger partial charge >= 0.3 is 0 Å². The lowest BCUT2D eigenvalue weighted by molar-refractivity contribution is -0.129. The van der Waals surface area contributed by atoms with E-state index in [1.54, 1.807) is 11.2 Å². The number of carbonyl (C=O) groups is 1. The third kappa shape index (κ3) is 5.77. The van der Waals surface area contributed by atoms with Crippen molar-refractivity contribution >= 4 is 17.5 Å². The van der Waals surface area contributed by atoms with Crippen LogP contribution < -0.4 is 10.2 Å². The Morgan fingerprint density at radius 2 is 2.00 bits per heavy atom. The molecular weight excluding hydrogens is 344 g/mol. The maximum Gasteiger partial charge on any atom is 0.241 e. The molecule has 0 aromatic carbocycles. The van der Waals surface area contributed by atoms with Crippen molar-refractivity contribution < 1.29 is 9.53 Å². The van der Waals surface area contributed by atoms with Gasteiger partial charge in [0.25, 0.3) is 0 Å². The normalized spacial score (nSPS) is 19.8. The number of amides is 1. The number of anilines is 2. The van der Waals surface area contributed by atoms with Gasteiger partial charge in [0.15, 0.2) is 0 Å². The van der Waals surface area contributed by atoms with Crippen molar-refractivity contribution in [3.05, 3.63) is 12.4 Å². The largest absolute Gasteiger partial charge is 0.377 e. The summed E-state index contributed by atoms with van der Waals surface area (Å²) >= 11 is 0. The number of piperidine rings is 1. The topological polar surface area (TPSA) is 73.8 Å². The monoisotopic (exact) mass is 376 g/mol. The Bertz CT molecular complexity index is 618. The molecule has 8 heteroatoms. The fourth-order valence-electron chi connectivity index (χ4n) is 3.48. The van der Waals surface area contributed by atoms with Crippen molar-refractivity contribution in [1.29, 1.82) is 0 Å². The van der Waals surface area contributed by atoms with Crippen molar-refractivity contribution in [1.82, 2.24) is 19.8 Å². The minimum Gasteiger partial charge on any atom is -0.377 e. The average Bonchev–Trinajstić information content (AvgIpc) is 2.65. The number of nitrogens with zero attached hydrogens (tertiary/aromatic N) is 5. The number of piperazine rings is 1. The molecule has 0 bridgehead atoms. The van der Waals surface area contributed by atoms with E-state index in [9.17, 15) is 4.79 Å². The first-order valence-electron chi connectivity index (χ1n) is 9.92. The minimum absolute atomic E-state index is 0.128. The zero-order valence-corrected chi connectivity index (χ0v) is 16.7. The second kappa shape index (κ2) is 9.32. The molecule has 0 atom stereocenters. The first-order valence-corrected chi connectivity index (χ1v) is 9.92. The molecule has 2 aliphatic rings. The molecule has 150 valence electrons. The third-order valence-corrected chi connectivity index (χ3v) is 5.23. The summed E-state index contributed by atoms with van der Waals surface area (Å²) in [7, 11) is 1.84. The van der Waals surface area contributed by atoms with Crippen molar-refractivity contribution in [2.24, 2.45) is 0 Å². The van der Waals surface area contributed by atoms with Crippen LogP contribution in [-0.2, 0) is 9.53 Å². The second-order valence-electron chi connectivity index (χ2n) is 7.68. The number of nitrogens with one attached hydrogen (secondary N) is 1. The van der Waals surface area contributed by atoms with Gasteiger partial charge < -0.3 is 24.8 Å². The molecule has 3 rings (SSSR count). The van der Waals surface area contributed by atoms with Gasteiger partial charge in [-0.3, -0.25) is 4.79 Å². The number of likely N-dealkylation sites (N-methyl/N-ethyl adjacent to an activating group) is 1. The summed E-state index contributed by atoms with van der Waals surface area (Å²) in [5.74, 6) is 1.79. The Hall–Kier alpha value is -1.93. The summed E-state index contributed by atoms with van der Waals surface area (Å²) in [5.41, 5.74) is 0. The standard InChI is InChI=1S/C19H32N6O2/c1-15(2)27-11-10-24-6-4-16(5-7-24)22-17-12-18(21-14-20-17)25-9-8-23(3)19(26)13-25/h12,14-16H,4-11,13H2,1-3H3,(H,20,21,22). The Balaban J connectivity index is 1.47. The first-order chi connectivity index (χ1) is 13.0. The first kappa shape index (κ1) is 19.8. The average molecular weight is 377 g/mol. The lowest BCUT2D eigenvalue weighted by atomic mass is 10.1. The predicted octanol–water partition coefficient (Wildman–Crippen LogP) is 1.06. The molecule has 0 spiro atoms. The summed E-state index contributed by atoms with van der Waals surface area (Å²) in [5, 5.41) is 3.54. The van der Waals surface area contributed by atoms with Gasteiger partial charge in [-0.25, -0.2) is 9.97 Å². The van der Waals surface area contributed by atoms with E-state index in [2.05, 4.69) is 34.0 Å². The van der Waals surface area contributed by atoms with Crippen LogP contribution in [0.1, 0.15) is 26.7 Å². The quantitative estimate of drug-likeness (QED) is 0.763. The van der Waals surface area contributed by atoms with Crippen LogP contribution in [0.25, 0.3) is 0 Å². The Morgan fingerprint density at radius 3 is 2.70 bits per heavy atom. The maximum atomic E-state index is 11.9. The fourth-order valence-corrected chi connectivity index (χ4v) is 3.48. The van der Waals surface area contributed by atoms with Gasteiger partial charge in [0, 0.05) is 51.9 Å². The van der Waals surface area contributed by atoms with Crippen LogP contribution in [0.2, 0.25) is 0 Å². The van der Waals surface area contributed by atoms with Crippen LogP contribution in [-0.4, -0.2) is 90.7 Å². The molecule has 0 aliphatic carbocycles. The van der Waals surface area contributed by atoms with E-state index >= 15 is 0 Å². The molecule has 1 aromatic rings. The SMILES string of the molecule is CC(C)OCCN1CCC(Nc2cc(N3CCN(C)C(=O)C3)ncn2)CC1. The number of rotatable bonds is 7. The summed E-state index contributed by atoms with van der Waals surface area (Å²) < 4.78 is 5.65. The summed E-state index contributed by atoms with van der Waals surface area (Å²) in [4.78, 5) is 26.9. The molecule has 3 heterocycles. The van der Waals surface area contributed by atoms with E-state index in [1.807, 2.05) is 18.0 Å². The highest BCUT2D eigenvalue weighted by Gasteiger charge is 2.23. The van der Waals surface area contributed by atoms with Crippen LogP contribution in [0.4, 0.5) is 11.6 Å². The van der Waals surface area contributed by atoms with Crippen molar-refractivity contribution in [2.45, 2.75) is 38.8 Å². The highest BCUT2D eigenvalue weighted by molar-refractivity contribution is 5.82. The number of hydrogen-bond donors (Lipinski definition) is 1. The molecule has 0 unspecified atom stereocenters. The zero-order chi connectivity index (χ0) is 19.2. The van der Waals surface area contributed by atoms with Crippen LogP contribution >= 0.6 is 0 Å². The molecule has 0 radical (unpaired) electrons. The van der Waals surface area contributed by atoms with Gasteiger partial charge in [-0.1, -0.05) is 0 Å². The highest BCUT2D eigenvalue weighted by atomic mass is 16.5. The van der Waals surface area contributed by atoms with Crippen LogP contribution in [0.5, 0.6) is 0 Å². The van der Waals surface area contributed by atoms with E-state index in [1.165, 1.54) is 0 Å². The molecule has 2 aliphatic heterocycles. The van der Waals surface area contributed by atoms with Crippen LogP contribution in [0.3, 0.4) is 0 Å². The van der Waals surface area contributed by atoms with Gasteiger partial charge in [-0.2, -0.15) is 0 Å². The lowest BCUT2D eigenvalue weighted by Gasteiger charge is -2.34. The molecule has 27 heavy (non-hydrogen) atoms. The number of carbonyl (C=O) groups excluding carboxylic acids is 1. The van der Waals surface area contributed by atoms with Crippen molar-refractivity contribution in [3.63, 3.8) is 0 Å². The fraction of sp³-hybridized carbons (Fsp3) is 0.737. The van der Waals surface area contributed by atoms with E-state index in [0.717, 1.165) is 63.8 Å². The molecule has 0 saturated carbocycles. The smallest absolute Gasteiger partial charge is 0.241 e. The van der Waals surface area contributed by atoms with Crippen LogP contribution in [0.15, 0.2) is 12.4 Å². The molecule has 1 N–H and O–H groups in total. The lowest BCUT2D eigenvalue weighted by Crippen LogP contribution is -2.48. The van der Waals surface area contributed by atoms with Gasteiger partial charge in [-0.05, 0) is 26.7 Å². The summed E-state index contributed by atoms with van der Waals surface area (Å²) in [6.45, 7) is 10.0. The highest BCUT2D eigenvalue weighted by Crippen LogP contribution is 2.19. The van der Waals surface area contributed by atoms with E-state index in [0.29, 0.717) is 18.7 Å². The molecule has 1 aromatic heterocycles. The molecule has 2 saturated heterocycles. The number of likely N-dealkylation sites (tertiary alicyclic amines) is 1. The maximum absolute atomic E-state index is 11.9. The number of ether oxygens (including phenoxy) is 1. The van der Waals surface area contributed by atoms with Crippen molar-refractivity contribution in [3.8, 4) is 0 Å². The number of hydrogen-bond acceptors (Lipinski definition) is 7. The summed E-state index contributed by atoms with van der Waals surface area (Å²) in [6, 6.07) is 2.38. The predicted molar refractivity (Wildman–Crippen MR) is 106 cm³/mol.